The number of nitro benzene ring substituents is 1. The van der Waals surface area contributed by atoms with Crippen molar-refractivity contribution >= 4 is 18.5 Å². The lowest BCUT2D eigenvalue weighted by atomic mass is 10.1. The van der Waals surface area contributed by atoms with E-state index < -0.39 is 34.5 Å². The number of hydrogen-bond acceptors (Lipinski definition) is 5. The summed E-state index contributed by atoms with van der Waals surface area (Å²) in [6.07, 6.45) is -3.31. The summed E-state index contributed by atoms with van der Waals surface area (Å²) in [4.78, 5) is 9.98. The number of thiol groups is 1. The van der Waals surface area contributed by atoms with Crippen LogP contribution in [0.2, 0.25) is 0 Å². The molecule has 2 rings (SSSR count). The zero-order valence-electron chi connectivity index (χ0n) is 10.2. The zero-order valence-corrected chi connectivity index (χ0v) is 11.1. The Morgan fingerprint density at radius 3 is 2.62 bits per heavy atom. The van der Waals surface area contributed by atoms with Crippen LogP contribution in [0.1, 0.15) is 11.1 Å². The fourth-order valence-corrected chi connectivity index (χ4v) is 1.84. The Morgan fingerprint density at radius 1 is 1.38 bits per heavy atom. The summed E-state index contributed by atoms with van der Waals surface area (Å²) in [6, 6.07) is 4.11. The first kappa shape index (κ1) is 15.2. The average Bonchev–Trinajstić information content (AvgIpc) is 2.80. The van der Waals surface area contributed by atoms with Crippen LogP contribution in [0.15, 0.2) is 30.5 Å². The van der Waals surface area contributed by atoms with Crippen molar-refractivity contribution < 1.29 is 22.8 Å². The van der Waals surface area contributed by atoms with Crippen LogP contribution in [0, 0.1) is 10.1 Å². The number of alkyl halides is 3. The molecule has 0 amide bonds. The molecule has 0 spiro atoms. The summed E-state index contributed by atoms with van der Waals surface area (Å²) in [5, 5.41) is 14.6. The second-order valence-corrected chi connectivity index (χ2v) is 4.33. The first-order valence-corrected chi connectivity index (χ1v) is 5.90. The molecular formula is C11H8F3N3O3S. The molecule has 0 aliphatic carbocycles. The first-order valence-electron chi connectivity index (χ1n) is 5.50. The number of aromatic nitrogens is 2. The van der Waals surface area contributed by atoms with Gasteiger partial charge in [-0.05, 0) is 18.9 Å². The molecule has 0 saturated heterocycles. The Balaban J connectivity index is 2.37. The number of ether oxygens (including phenoxy) is 1. The number of benzene rings is 1. The highest BCUT2D eigenvalue weighted by atomic mass is 32.1. The van der Waals surface area contributed by atoms with Crippen molar-refractivity contribution in [3.63, 3.8) is 0 Å². The van der Waals surface area contributed by atoms with Gasteiger partial charge in [0.2, 0.25) is 5.88 Å². The second-order valence-electron chi connectivity index (χ2n) is 3.92. The van der Waals surface area contributed by atoms with E-state index in [1.807, 2.05) is 0 Å². The maximum atomic E-state index is 12.9. The number of nitro groups is 1. The van der Waals surface area contributed by atoms with E-state index >= 15 is 0 Å². The van der Waals surface area contributed by atoms with Crippen molar-refractivity contribution in [1.82, 2.24) is 9.19 Å². The molecule has 0 aliphatic rings. The van der Waals surface area contributed by atoms with Gasteiger partial charge in [-0.25, -0.2) is 4.09 Å². The quantitative estimate of drug-likeness (QED) is 0.534. The lowest BCUT2D eigenvalue weighted by molar-refractivity contribution is -0.386. The van der Waals surface area contributed by atoms with Gasteiger partial charge < -0.3 is 4.74 Å². The molecule has 112 valence electrons. The Bertz CT molecular complexity index is 672. The largest absolute Gasteiger partial charge is 0.471 e. The van der Waals surface area contributed by atoms with E-state index in [1.165, 1.54) is 12.3 Å². The van der Waals surface area contributed by atoms with E-state index in [0.29, 0.717) is 0 Å². The van der Waals surface area contributed by atoms with Crippen LogP contribution in [0.3, 0.4) is 0 Å². The van der Waals surface area contributed by atoms with E-state index in [4.69, 9.17) is 4.74 Å². The second kappa shape index (κ2) is 5.64. The van der Waals surface area contributed by atoms with Crippen LogP contribution < -0.4 is 4.74 Å². The molecule has 1 heterocycles. The molecule has 1 aromatic heterocycles. The predicted octanol–water partition coefficient (Wildman–Crippen LogP) is 3.08. The lowest BCUT2D eigenvalue weighted by Crippen LogP contribution is -2.13. The molecule has 0 N–H and O–H groups in total. The van der Waals surface area contributed by atoms with Gasteiger partial charge in [0.25, 0.3) is 5.69 Å². The molecule has 0 radical (unpaired) electrons. The summed E-state index contributed by atoms with van der Waals surface area (Å²) >= 11 is 3.84. The average molecular weight is 319 g/mol. The monoisotopic (exact) mass is 319 g/mol. The minimum atomic E-state index is -4.71. The van der Waals surface area contributed by atoms with Gasteiger partial charge >= 0.3 is 6.18 Å². The molecular weight excluding hydrogens is 311 g/mol. The van der Waals surface area contributed by atoms with Crippen molar-refractivity contribution in [2.24, 2.45) is 0 Å². The maximum absolute atomic E-state index is 12.9. The molecule has 0 bridgehead atoms. The van der Waals surface area contributed by atoms with Crippen LogP contribution in [-0.4, -0.2) is 14.1 Å². The van der Waals surface area contributed by atoms with Crippen molar-refractivity contribution in [3.05, 3.63) is 51.7 Å². The minimum absolute atomic E-state index is 0.0104. The third kappa shape index (κ3) is 3.45. The van der Waals surface area contributed by atoms with Gasteiger partial charge in [0, 0.05) is 18.3 Å². The van der Waals surface area contributed by atoms with Gasteiger partial charge in [0.05, 0.1) is 16.1 Å². The summed E-state index contributed by atoms with van der Waals surface area (Å²) in [5.41, 5.74) is -2.32. The fourth-order valence-electron chi connectivity index (χ4n) is 1.68. The number of rotatable bonds is 4. The van der Waals surface area contributed by atoms with Crippen LogP contribution in [-0.2, 0) is 12.8 Å². The highest BCUT2D eigenvalue weighted by molar-refractivity contribution is 7.78. The van der Waals surface area contributed by atoms with Crippen LogP contribution in [0.4, 0.5) is 18.9 Å². The number of nitrogens with zero attached hydrogens (tertiary/aromatic N) is 3. The Morgan fingerprint density at radius 2 is 2.10 bits per heavy atom. The third-order valence-corrected chi connectivity index (χ3v) is 2.79. The molecule has 2 aromatic rings. The van der Waals surface area contributed by atoms with Gasteiger partial charge in [-0.2, -0.15) is 13.2 Å². The van der Waals surface area contributed by atoms with Gasteiger partial charge in [0.1, 0.15) is 6.61 Å². The highest BCUT2D eigenvalue weighted by Gasteiger charge is 2.36. The van der Waals surface area contributed by atoms with Crippen LogP contribution in [0.25, 0.3) is 0 Å². The molecule has 6 nitrogen and oxygen atoms in total. The molecule has 0 aliphatic heterocycles. The van der Waals surface area contributed by atoms with Gasteiger partial charge in [-0.15, -0.1) is 5.10 Å². The topological polar surface area (TPSA) is 70.2 Å². The van der Waals surface area contributed by atoms with Crippen LogP contribution in [0.5, 0.6) is 5.88 Å². The predicted molar refractivity (Wildman–Crippen MR) is 69.0 cm³/mol. The third-order valence-electron chi connectivity index (χ3n) is 2.57. The number of hydrogen-bond donors (Lipinski definition) is 1. The molecule has 0 saturated carbocycles. The van der Waals surface area contributed by atoms with E-state index in [-0.39, 0.29) is 5.88 Å². The molecule has 10 heteroatoms. The van der Waals surface area contributed by atoms with Crippen molar-refractivity contribution in [2.75, 3.05) is 0 Å². The van der Waals surface area contributed by atoms with Gasteiger partial charge in [0.15, 0.2) is 0 Å². The van der Waals surface area contributed by atoms with Crippen molar-refractivity contribution in [1.29, 1.82) is 0 Å². The first-order chi connectivity index (χ1) is 9.79. The normalized spacial score (nSPS) is 11.4. The molecule has 0 atom stereocenters. The maximum Gasteiger partial charge on any atom is 0.417 e. The SMILES string of the molecule is O=[N+]([O-])c1cccc(C(F)(F)F)c1COc1ccn(S)n1. The molecule has 21 heavy (non-hydrogen) atoms. The minimum Gasteiger partial charge on any atom is -0.471 e. The molecule has 0 fully saturated rings. The summed E-state index contributed by atoms with van der Waals surface area (Å²) < 4.78 is 44.9. The van der Waals surface area contributed by atoms with Crippen molar-refractivity contribution in [3.8, 4) is 5.88 Å². The molecule has 0 unspecified atom stereocenters. The number of halogens is 3. The summed E-state index contributed by atoms with van der Waals surface area (Å²) in [5.74, 6) is 0.0104. The highest BCUT2D eigenvalue weighted by Crippen LogP contribution is 2.36. The van der Waals surface area contributed by atoms with E-state index in [2.05, 4.69) is 17.9 Å². The Hall–Kier alpha value is -2.23. The summed E-state index contributed by atoms with van der Waals surface area (Å²) in [7, 11) is 0. The van der Waals surface area contributed by atoms with E-state index in [9.17, 15) is 23.3 Å². The zero-order chi connectivity index (χ0) is 15.6. The standard InChI is InChI=1S/C11H8F3N3O3S/c12-11(13,14)8-2-1-3-9(17(18)19)7(8)6-20-10-4-5-16(21)15-10/h1-5,21H,6H2. The Labute approximate surface area is 121 Å². The molecule has 1 aromatic carbocycles. The van der Waals surface area contributed by atoms with Gasteiger partial charge in [-0.3, -0.25) is 10.1 Å². The van der Waals surface area contributed by atoms with Gasteiger partial charge in [-0.1, -0.05) is 6.07 Å². The summed E-state index contributed by atoms with van der Waals surface area (Å²) in [6.45, 7) is -0.628. The van der Waals surface area contributed by atoms with Crippen molar-refractivity contribution in [2.45, 2.75) is 12.8 Å². The fraction of sp³-hybridized carbons (Fsp3) is 0.182. The lowest BCUT2D eigenvalue weighted by Gasteiger charge is -2.12. The van der Waals surface area contributed by atoms with Crippen LogP contribution >= 0.6 is 12.8 Å². The Kier molecular flexibility index (Phi) is 4.07. The van der Waals surface area contributed by atoms with E-state index in [1.54, 1.807) is 0 Å². The van der Waals surface area contributed by atoms with E-state index in [0.717, 1.165) is 22.3 Å². The smallest absolute Gasteiger partial charge is 0.417 e.